The maximum absolute atomic E-state index is 10.5. The maximum atomic E-state index is 10.5. The molecule has 1 saturated carbocycles. The molecule has 0 aromatic heterocycles. The molecule has 1 fully saturated rings. The van der Waals surface area contributed by atoms with Crippen molar-refractivity contribution in [3.05, 3.63) is 22.2 Å². The Balaban J connectivity index is 2.34. The Kier molecular flexibility index (Phi) is 4.51. The molecule has 1 atom stereocenters. The molecule has 4 heteroatoms. The summed E-state index contributed by atoms with van der Waals surface area (Å²) in [5.74, 6) is 1.77. The molecule has 18 heavy (non-hydrogen) atoms. The van der Waals surface area contributed by atoms with Crippen LogP contribution < -0.4 is 9.47 Å². The first kappa shape index (κ1) is 13.7. The summed E-state index contributed by atoms with van der Waals surface area (Å²) in [5, 5.41) is 10.5. The van der Waals surface area contributed by atoms with Crippen LogP contribution in [0.25, 0.3) is 0 Å². The fourth-order valence-corrected chi connectivity index (χ4v) is 3.13. The van der Waals surface area contributed by atoms with E-state index in [2.05, 4.69) is 15.9 Å². The van der Waals surface area contributed by atoms with E-state index >= 15 is 0 Å². The van der Waals surface area contributed by atoms with Crippen molar-refractivity contribution in [3.8, 4) is 11.5 Å². The zero-order valence-electron chi connectivity index (χ0n) is 10.8. The molecule has 1 aromatic carbocycles. The minimum atomic E-state index is -0.468. The molecule has 0 bridgehead atoms. The van der Waals surface area contributed by atoms with Gasteiger partial charge in [0.05, 0.1) is 24.8 Å². The van der Waals surface area contributed by atoms with Crippen molar-refractivity contribution >= 4 is 15.9 Å². The van der Waals surface area contributed by atoms with Crippen LogP contribution in [-0.4, -0.2) is 19.3 Å². The first-order valence-electron chi connectivity index (χ1n) is 6.27. The van der Waals surface area contributed by atoms with E-state index in [9.17, 15) is 5.11 Å². The fraction of sp³-hybridized carbons (Fsp3) is 0.571. The Morgan fingerprint density at radius 3 is 2.33 bits per heavy atom. The summed E-state index contributed by atoms with van der Waals surface area (Å²) in [6.07, 6.45) is 4.12. The molecule has 0 heterocycles. The number of hydrogen-bond donors (Lipinski definition) is 1. The molecule has 0 saturated heterocycles. The van der Waals surface area contributed by atoms with Crippen LogP contribution in [0.3, 0.4) is 0 Å². The van der Waals surface area contributed by atoms with Gasteiger partial charge in [-0.15, -0.1) is 0 Å². The monoisotopic (exact) mass is 314 g/mol. The second-order valence-electron chi connectivity index (χ2n) is 4.72. The largest absolute Gasteiger partial charge is 0.496 e. The predicted octanol–water partition coefficient (Wildman–Crippen LogP) is 3.69. The molecule has 2 rings (SSSR count). The van der Waals surface area contributed by atoms with E-state index in [1.165, 1.54) is 12.8 Å². The number of rotatable bonds is 4. The number of benzene rings is 1. The standard InChI is InChI=1S/C14H19BrO3/c1-17-12-8-11(15)13(18-2)7-10(12)14(16)9-5-3-4-6-9/h7-9,14,16H,3-6H2,1-2H3. The molecule has 1 aromatic rings. The zero-order valence-corrected chi connectivity index (χ0v) is 12.4. The zero-order chi connectivity index (χ0) is 13.1. The molecule has 1 aliphatic rings. The van der Waals surface area contributed by atoms with Crippen LogP contribution >= 0.6 is 15.9 Å². The second-order valence-corrected chi connectivity index (χ2v) is 5.57. The minimum Gasteiger partial charge on any atom is -0.496 e. The summed E-state index contributed by atoms with van der Waals surface area (Å²) in [5.41, 5.74) is 0.824. The Labute approximate surface area is 116 Å². The van der Waals surface area contributed by atoms with Crippen molar-refractivity contribution in [2.75, 3.05) is 14.2 Å². The summed E-state index contributed by atoms with van der Waals surface area (Å²) >= 11 is 3.43. The number of halogens is 1. The summed E-state index contributed by atoms with van der Waals surface area (Å²) < 4.78 is 11.5. The van der Waals surface area contributed by atoms with Gasteiger partial charge in [0.1, 0.15) is 11.5 Å². The number of hydrogen-bond acceptors (Lipinski definition) is 3. The van der Waals surface area contributed by atoms with Gasteiger partial charge in [-0.25, -0.2) is 0 Å². The number of methoxy groups -OCH3 is 2. The molecular weight excluding hydrogens is 296 g/mol. The third kappa shape index (κ3) is 2.64. The van der Waals surface area contributed by atoms with Gasteiger partial charge in [0.25, 0.3) is 0 Å². The predicted molar refractivity (Wildman–Crippen MR) is 74.2 cm³/mol. The Morgan fingerprint density at radius 2 is 1.78 bits per heavy atom. The van der Waals surface area contributed by atoms with Crippen LogP contribution in [0.2, 0.25) is 0 Å². The van der Waals surface area contributed by atoms with Crippen molar-refractivity contribution in [2.24, 2.45) is 5.92 Å². The normalized spacial score (nSPS) is 17.8. The SMILES string of the molecule is COc1cc(C(O)C2CCCC2)c(OC)cc1Br. The summed E-state index contributed by atoms with van der Waals surface area (Å²) in [7, 11) is 3.25. The van der Waals surface area contributed by atoms with Crippen LogP contribution in [0.15, 0.2) is 16.6 Å². The number of ether oxygens (including phenoxy) is 2. The summed E-state index contributed by atoms with van der Waals surface area (Å²) in [6.45, 7) is 0. The number of aliphatic hydroxyl groups excluding tert-OH is 1. The van der Waals surface area contributed by atoms with Gasteiger partial charge in [0.15, 0.2) is 0 Å². The second kappa shape index (κ2) is 5.93. The van der Waals surface area contributed by atoms with Crippen LogP contribution in [-0.2, 0) is 0 Å². The topological polar surface area (TPSA) is 38.7 Å². The molecule has 0 aliphatic heterocycles. The van der Waals surface area contributed by atoms with Crippen molar-refractivity contribution < 1.29 is 14.6 Å². The van der Waals surface area contributed by atoms with Crippen LogP contribution in [0.5, 0.6) is 11.5 Å². The van der Waals surface area contributed by atoms with Gasteiger partial charge in [-0.2, -0.15) is 0 Å². The Bertz CT molecular complexity index is 414. The van der Waals surface area contributed by atoms with E-state index in [1.54, 1.807) is 14.2 Å². The molecule has 1 aliphatic carbocycles. The van der Waals surface area contributed by atoms with Crippen molar-refractivity contribution in [1.29, 1.82) is 0 Å². The lowest BCUT2D eigenvalue weighted by atomic mass is 9.93. The van der Waals surface area contributed by atoms with Crippen LogP contribution in [0.1, 0.15) is 37.4 Å². The average Bonchev–Trinajstić information content (AvgIpc) is 2.91. The van der Waals surface area contributed by atoms with Gasteiger partial charge in [-0.1, -0.05) is 12.8 Å². The first-order valence-corrected chi connectivity index (χ1v) is 7.06. The number of aliphatic hydroxyl groups is 1. The van der Waals surface area contributed by atoms with Gasteiger partial charge >= 0.3 is 0 Å². The van der Waals surface area contributed by atoms with Crippen LogP contribution in [0.4, 0.5) is 0 Å². The van der Waals surface area contributed by atoms with Crippen molar-refractivity contribution in [3.63, 3.8) is 0 Å². The summed E-state index contributed by atoms with van der Waals surface area (Å²) in [6, 6.07) is 3.72. The van der Waals surface area contributed by atoms with Gasteiger partial charge in [0, 0.05) is 5.56 Å². The molecule has 3 nitrogen and oxygen atoms in total. The lowest BCUT2D eigenvalue weighted by molar-refractivity contribution is 0.108. The van der Waals surface area contributed by atoms with Gasteiger partial charge < -0.3 is 14.6 Å². The van der Waals surface area contributed by atoms with E-state index in [0.717, 1.165) is 28.6 Å². The summed E-state index contributed by atoms with van der Waals surface area (Å²) in [4.78, 5) is 0. The van der Waals surface area contributed by atoms with E-state index in [-0.39, 0.29) is 0 Å². The molecular formula is C14H19BrO3. The third-order valence-corrected chi connectivity index (χ3v) is 4.29. The molecule has 0 spiro atoms. The Hall–Kier alpha value is -0.740. The van der Waals surface area contributed by atoms with Gasteiger partial charge in [-0.05, 0) is 46.8 Å². The van der Waals surface area contributed by atoms with Crippen molar-refractivity contribution in [1.82, 2.24) is 0 Å². The maximum Gasteiger partial charge on any atom is 0.133 e. The van der Waals surface area contributed by atoms with Gasteiger partial charge in [0.2, 0.25) is 0 Å². The molecule has 1 unspecified atom stereocenters. The highest BCUT2D eigenvalue weighted by atomic mass is 79.9. The van der Waals surface area contributed by atoms with Gasteiger partial charge in [-0.3, -0.25) is 0 Å². The third-order valence-electron chi connectivity index (χ3n) is 3.67. The van der Waals surface area contributed by atoms with E-state index in [4.69, 9.17) is 9.47 Å². The molecule has 0 radical (unpaired) electrons. The highest BCUT2D eigenvalue weighted by Crippen LogP contribution is 2.42. The highest BCUT2D eigenvalue weighted by molar-refractivity contribution is 9.10. The quantitative estimate of drug-likeness (QED) is 0.921. The first-order chi connectivity index (χ1) is 8.67. The lowest BCUT2D eigenvalue weighted by Crippen LogP contribution is -2.10. The molecule has 100 valence electrons. The highest BCUT2D eigenvalue weighted by Gasteiger charge is 2.27. The lowest BCUT2D eigenvalue weighted by Gasteiger charge is -2.21. The average molecular weight is 315 g/mol. The van der Waals surface area contributed by atoms with Crippen LogP contribution in [0, 0.1) is 5.92 Å². The van der Waals surface area contributed by atoms with Crippen molar-refractivity contribution in [2.45, 2.75) is 31.8 Å². The smallest absolute Gasteiger partial charge is 0.133 e. The molecule has 1 N–H and O–H groups in total. The fourth-order valence-electron chi connectivity index (χ4n) is 2.64. The molecule has 0 amide bonds. The minimum absolute atomic E-state index is 0.338. The van der Waals surface area contributed by atoms with E-state index < -0.39 is 6.10 Å². The Morgan fingerprint density at radius 1 is 1.17 bits per heavy atom. The van der Waals surface area contributed by atoms with E-state index in [1.807, 2.05) is 12.1 Å². The van der Waals surface area contributed by atoms with E-state index in [0.29, 0.717) is 11.7 Å².